The molecule has 41 heavy (non-hydrogen) atoms. The summed E-state index contributed by atoms with van der Waals surface area (Å²) in [6.07, 6.45) is 3.01. The van der Waals surface area contributed by atoms with Crippen molar-refractivity contribution in [2.75, 3.05) is 6.54 Å². The molecule has 0 unspecified atom stereocenters. The predicted octanol–water partition coefficient (Wildman–Crippen LogP) is 5.84. The molecule has 6 nitrogen and oxygen atoms in total. The molecule has 1 saturated carbocycles. The van der Waals surface area contributed by atoms with Gasteiger partial charge in [-0.1, -0.05) is 60.7 Å². The minimum absolute atomic E-state index is 0.0124. The van der Waals surface area contributed by atoms with Gasteiger partial charge in [0.15, 0.2) is 5.78 Å². The lowest BCUT2D eigenvalue weighted by Gasteiger charge is -2.18. The number of Topliss-reactive ketones (excluding diaryl/α,β-unsaturated/α-hetero) is 2. The van der Waals surface area contributed by atoms with E-state index in [9.17, 15) is 23.6 Å². The van der Waals surface area contributed by atoms with Crippen molar-refractivity contribution in [1.82, 2.24) is 10.6 Å². The van der Waals surface area contributed by atoms with Gasteiger partial charge in [0.25, 0.3) is 0 Å². The largest absolute Gasteiger partial charge is 0.356 e. The summed E-state index contributed by atoms with van der Waals surface area (Å²) >= 11 is 0. The van der Waals surface area contributed by atoms with E-state index < -0.39 is 5.92 Å². The molecule has 3 aromatic rings. The quantitative estimate of drug-likeness (QED) is 0.182. The Hall–Kier alpha value is -4.13. The Kier molecular flexibility index (Phi) is 10.2. The third-order valence-corrected chi connectivity index (χ3v) is 7.50. The first-order valence-corrected chi connectivity index (χ1v) is 14.2. The van der Waals surface area contributed by atoms with Crippen LogP contribution in [0.15, 0.2) is 78.9 Å². The van der Waals surface area contributed by atoms with Crippen LogP contribution < -0.4 is 10.6 Å². The van der Waals surface area contributed by atoms with E-state index in [4.69, 9.17) is 0 Å². The molecule has 1 atom stereocenters. The third kappa shape index (κ3) is 9.48. The Labute approximate surface area is 240 Å². The van der Waals surface area contributed by atoms with Gasteiger partial charge in [-0.2, -0.15) is 0 Å². The summed E-state index contributed by atoms with van der Waals surface area (Å²) in [6, 6.07) is 23.3. The molecule has 7 heteroatoms. The number of benzene rings is 3. The second-order valence-corrected chi connectivity index (χ2v) is 11.1. The van der Waals surface area contributed by atoms with Crippen molar-refractivity contribution >= 4 is 23.4 Å². The molecule has 0 heterocycles. The number of rotatable bonds is 15. The van der Waals surface area contributed by atoms with Crippen LogP contribution >= 0.6 is 0 Å². The van der Waals surface area contributed by atoms with Gasteiger partial charge >= 0.3 is 0 Å². The van der Waals surface area contributed by atoms with Crippen LogP contribution in [-0.4, -0.2) is 35.5 Å². The molecule has 1 aliphatic rings. The van der Waals surface area contributed by atoms with Gasteiger partial charge in [-0.25, -0.2) is 4.39 Å². The van der Waals surface area contributed by atoms with Gasteiger partial charge in [-0.05, 0) is 67.5 Å². The summed E-state index contributed by atoms with van der Waals surface area (Å²) < 4.78 is 13.2. The minimum Gasteiger partial charge on any atom is -0.356 e. The Morgan fingerprint density at radius 2 is 1.56 bits per heavy atom. The van der Waals surface area contributed by atoms with Crippen LogP contribution in [-0.2, 0) is 20.8 Å². The molecular formula is C34H37FN2O4. The molecule has 3 aromatic carbocycles. The van der Waals surface area contributed by atoms with E-state index in [-0.39, 0.29) is 67.0 Å². The molecule has 0 radical (unpaired) electrons. The summed E-state index contributed by atoms with van der Waals surface area (Å²) in [6.45, 7) is 2.23. The zero-order chi connectivity index (χ0) is 29.2. The van der Waals surface area contributed by atoms with E-state index in [1.807, 2.05) is 55.5 Å². The molecule has 4 rings (SSSR count). The van der Waals surface area contributed by atoms with Crippen molar-refractivity contribution in [1.29, 1.82) is 0 Å². The highest BCUT2D eigenvalue weighted by molar-refractivity contribution is 5.97. The number of ketones is 2. The van der Waals surface area contributed by atoms with E-state index in [1.165, 1.54) is 12.1 Å². The maximum atomic E-state index is 13.2. The Morgan fingerprint density at radius 1 is 0.854 bits per heavy atom. The smallest absolute Gasteiger partial charge is 0.224 e. The molecule has 1 aliphatic carbocycles. The topological polar surface area (TPSA) is 92.3 Å². The molecule has 0 spiro atoms. The summed E-state index contributed by atoms with van der Waals surface area (Å²) in [4.78, 5) is 51.2. The molecule has 2 amide bonds. The van der Waals surface area contributed by atoms with E-state index in [0.29, 0.717) is 18.4 Å². The summed E-state index contributed by atoms with van der Waals surface area (Å²) in [5.74, 6) is -1.89. The van der Waals surface area contributed by atoms with Crippen LogP contribution in [0.5, 0.6) is 0 Å². The van der Waals surface area contributed by atoms with Gasteiger partial charge in [-0.3, -0.25) is 19.2 Å². The molecule has 0 bridgehead atoms. The van der Waals surface area contributed by atoms with Gasteiger partial charge < -0.3 is 10.6 Å². The monoisotopic (exact) mass is 556 g/mol. The van der Waals surface area contributed by atoms with Crippen molar-refractivity contribution in [3.8, 4) is 11.1 Å². The van der Waals surface area contributed by atoms with Crippen LogP contribution in [0, 0.1) is 11.7 Å². The summed E-state index contributed by atoms with van der Waals surface area (Å²) in [7, 11) is 0. The number of aryl methyl sites for hydroxylation is 1. The molecule has 214 valence electrons. The maximum absolute atomic E-state index is 13.2. The highest BCUT2D eigenvalue weighted by Crippen LogP contribution is 2.34. The minimum atomic E-state index is -0.795. The number of hydrogen-bond donors (Lipinski definition) is 2. The predicted molar refractivity (Wildman–Crippen MR) is 157 cm³/mol. The fourth-order valence-corrected chi connectivity index (χ4v) is 4.75. The second kappa shape index (κ2) is 14.0. The molecule has 0 aliphatic heterocycles. The first kappa shape index (κ1) is 29.8. The Bertz CT molecular complexity index is 1370. The summed E-state index contributed by atoms with van der Waals surface area (Å²) in [5, 5.41) is 5.79. The first-order chi connectivity index (χ1) is 19.7. The number of amides is 2. The van der Waals surface area contributed by atoms with Gasteiger partial charge in [0.2, 0.25) is 11.8 Å². The summed E-state index contributed by atoms with van der Waals surface area (Å²) in [5.41, 5.74) is 3.23. The maximum Gasteiger partial charge on any atom is 0.224 e. The van der Waals surface area contributed by atoms with E-state index in [1.54, 1.807) is 18.2 Å². The van der Waals surface area contributed by atoms with Crippen molar-refractivity contribution in [2.24, 2.45) is 5.92 Å². The van der Waals surface area contributed by atoms with E-state index >= 15 is 0 Å². The fraction of sp³-hybridized carbons (Fsp3) is 0.353. The standard InChI is InChI=1S/C34H37FN2O4/c1-34(18-19-34)37-32(40)23-28(22-30(38)17-14-24-12-15-29(35)16-13-24)33(41)36-20-6-11-31(39)27-10-5-9-26(21-27)25-7-3-2-4-8-25/h2-5,7-10,12-13,15-16,21,28H,6,11,14,17-20,22-23H2,1H3,(H,36,41)(H,37,40)/t28-/m0/s1. The Balaban J connectivity index is 1.28. The fourth-order valence-electron chi connectivity index (χ4n) is 4.75. The van der Waals surface area contributed by atoms with Crippen molar-refractivity contribution in [2.45, 2.75) is 63.8 Å². The van der Waals surface area contributed by atoms with E-state index in [0.717, 1.165) is 29.5 Å². The molecule has 0 saturated heterocycles. The molecule has 1 fully saturated rings. The molecule has 2 N–H and O–H groups in total. The third-order valence-electron chi connectivity index (χ3n) is 7.50. The highest BCUT2D eigenvalue weighted by Gasteiger charge is 2.39. The molecule has 0 aromatic heterocycles. The zero-order valence-corrected chi connectivity index (χ0v) is 23.5. The average Bonchev–Trinajstić information content (AvgIpc) is 3.70. The number of halogens is 1. The number of carbonyl (C=O) groups is 4. The van der Waals surface area contributed by atoms with Gasteiger partial charge in [0.1, 0.15) is 11.6 Å². The van der Waals surface area contributed by atoms with Gasteiger partial charge in [-0.15, -0.1) is 0 Å². The number of carbonyl (C=O) groups excluding carboxylic acids is 4. The highest BCUT2D eigenvalue weighted by atomic mass is 19.1. The first-order valence-electron chi connectivity index (χ1n) is 14.2. The zero-order valence-electron chi connectivity index (χ0n) is 23.5. The van der Waals surface area contributed by atoms with Crippen molar-refractivity contribution in [3.63, 3.8) is 0 Å². The van der Waals surface area contributed by atoms with Crippen LogP contribution in [0.4, 0.5) is 4.39 Å². The number of hydrogen-bond acceptors (Lipinski definition) is 4. The van der Waals surface area contributed by atoms with Crippen LogP contribution in [0.1, 0.15) is 67.8 Å². The van der Waals surface area contributed by atoms with Crippen molar-refractivity contribution < 1.29 is 23.6 Å². The van der Waals surface area contributed by atoms with E-state index in [2.05, 4.69) is 10.6 Å². The van der Waals surface area contributed by atoms with Crippen LogP contribution in [0.3, 0.4) is 0 Å². The second-order valence-electron chi connectivity index (χ2n) is 11.1. The lowest BCUT2D eigenvalue weighted by Crippen LogP contribution is -2.39. The van der Waals surface area contributed by atoms with Gasteiger partial charge in [0.05, 0.1) is 5.92 Å². The SMILES string of the molecule is CC1(NC(=O)C[C@H](CC(=O)CCc2ccc(F)cc2)C(=O)NCCCC(=O)c2cccc(-c3ccccc3)c2)CC1. The Morgan fingerprint density at radius 3 is 2.27 bits per heavy atom. The van der Waals surface area contributed by atoms with Crippen LogP contribution in [0.2, 0.25) is 0 Å². The normalized spacial score (nSPS) is 14.1. The lowest BCUT2D eigenvalue weighted by molar-refractivity contribution is -0.133. The average molecular weight is 557 g/mol. The molecular weight excluding hydrogens is 519 g/mol. The van der Waals surface area contributed by atoms with Gasteiger partial charge in [0, 0.05) is 43.3 Å². The van der Waals surface area contributed by atoms with Crippen LogP contribution in [0.25, 0.3) is 11.1 Å². The number of nitrogens with one attached hydrogen (secondary N) is 2. The lowest BCUT2D eigenvalue weighted by atomic mass is 9.94. The van der Waals surface area contributed by atoms with Crippen molar-refractivity contribution in [3.05, 3.63) is 95.8 Å².